The van der Waals surface area contributed by atoms with Crippen LogP contribution in [-0.4, -0.2) is 39.8 Å². The van der Waals surface area contributed by atoms with E-state index >= 15 is 0 Å². The van der Waals surface area contributed by atoms with Gasteiger partial charge in [-0.3, -0.25) is 14.4 Å². The summed E-state index contributed by atoms with van der Waals surface area (Å²) >= 11 is 0. The number of aliphatic carboxylic acids is 2. The average molecular weight is 275 g/mol. The molecule has 19 heavy (non-hydrogen) atoms. The first-order chi connectivity index (χ1) is 8.54. The van der Waals surface area contributed by atoms with Gasteiger partial charge in [0, 0.05) is 6.42 Å². The molecule has 0 rings (SSSR count). The molecule has 0 saturated carbocycles. The fourth-order valence-electron chi connectivity index (χ4n) is 1.47. The van der Waals surface area contributed by atoms with Crippen LogP contribution in [0, 0.1) is 5.92 Å². The van der Waals surface area contributed by atoms with Gasteiger partial charge < -0.3 is 20.7 Å². The van der Waals surface area contributed by atoms with Crippen LogP contribution in [0.5, 0.6) is 0 Å². The highest BCUT2D eigenvalue weighted by Crippen LogP contribution is 2.18. The summed E-state index contributed by atoms with van der Waals surface area (Å²) in [5.41, 5.74) is 4.70. The van der Waals surface area contributed by atoms with E-state index < -0.39 is 35.5 Å². The Balaban J connectivity index is 4.71. The summed E-state index contributed by atoms with van der Waals surface area (Å²) in [6, 6.07) is -1.40. The molecule has 0 aromatic heterocycles. The van der Waals surface area contributed by atoms with E-state index in [1.807, 2.05) is 0 Å². The minimum absolute atomic E-state index is 0.0642. The Bertz CT molecular complexity index is 347. The second-order valence-corrected chi connectivity index (χ2v) is 5.29. The van der Waals surface area contributed by atoms with Gasteiger partial charge in [0.1, 0.15) is 11.6 Å². The van der Waals surface area contributed by atoms with Gasteiger partial charge >= 0.3 is 17.9 Å². The van der Waals surface area contributed by atoms with Crippen molar-refractivity contribution in [3.8, 4) is 0 Å². The van der Waals surface area contributed by atoms with Gasteiger partial charge in [0.2, 0.25) is 0 Å². The molecular formula is C12H21NO6. The zero-order chi connectivity index (χ0) is 15.2. The third-order valence-corrected chi connectivity index (χ3v) is 2.33. The summed E-state index contributed by atoms with van der Waals surface area (Å²) in [6.07, 6.45) is 0.0839. The molecule has 0 aromatic carbocycles. The Kier molecular flexibility index (Phi) is 6.47. The van der Waals surface area contributed by atoms with Crippen LogP contribution in [0.3, 0.4) is 0 Å². The second kappa shape index (κ2) is 7.08. The SMILES string of the molecule is CC(C)(C)OC(=O)C(CCCC(=O)O)C(N)C(=O)O. The lowest BCUT2D eigenvalue weighted by atomic mass is 9.94. The third-order valence-electron chi connectivity index (χ3n) is 2.33. The van der Waals surface area contributed by atoms with Crippen molar-refractivity contribution in [3.05, 3.63) is 0 Å². The van der Waals surface area contributed by atoms with Crippen LogP contribution in [0.4, 0.5) is 0 Å². The molecule has 0 fully saturated rings. The van der Waals surface area contributed by atoms with Gasteiger partial charge in [-0.1, -0.05) is 0 Å². The van der Waals surface area contributed by atoms with E-state index in [0.29, 0.717) is 0 Å². The third kappa shape index (κ3) is 7.40. The predicted octanol–water partition coefficient (Wildman–Crippen LogP) is 0.611. The zero-order valence-corrected chi connectivity index (χ0v) is 11.4. The van der Waals surface area contributed by atoms with Crippen LogP contribution < -0.4 is 5.73 Å². The minimum atomic E-state index is -1.40. The fraction of sp³-hybridized carbons (Fsp3) is 0.750. The number of carbonyl (C=O) groups is 3. The molecule has 4 N–H and O–H groups in total. The summed E-state index contributed by atoms with van der Waals surface area (Å²) in [7, 11) is 0. The van der Waals surface area contributed by atoms with Gasteiger partial charge in [-0.05, 0) is 33.6 Å². The smallest absolute Gasteiger partial charge is 0.321 e. The van der Waals surface area contributed by atoms with Crippen molar-refractivity contribution in [2.75, 3.05) is 0 Å². The molecule has 0 amide bonds. The molecule has 0 heterocycles. The predicted molar refractivity (Wildman–Crippen MR) is 66.4 cm³/mol. The number of nitrogens with two attached hydrogens (primary N) is 1. The van der Waals surface area contributed by atoms with Crippen molar-refractivity contribution in [2.24, 2.45) is 11.7 Å². The van der Waals surface area contributed by atoms with Crippen LogP contribution in [-0.2, 0) is 19.1 Å². The zero-order valence-electron chi connectivity index (χ0n) is 11.4. The summed E-state index contributed by atoms with van der Waals surface area (Å²) in [5, 5.41) is 17.4. The maximum Gasteiger partial charge on any atom is 0.321 e. The lowest BCUT2D eigenvalue weighted by Gasteiger charge is -2.25. The molecule has 2 unspecified atom stereocenters. The Morgan fingerprint density at radius 2 is 1.74 bits per heavy atom. The van der Waals surface area contributed by atoms with Crippen molar-refractivity contribution in [2.45, 2.75) is 51.7 Å². The van der Waals surface area contributed by atoms with Crippen LogP contribution in [0.1, 0.15) is 40.0 Å². The number of carbonyl (C=O) groups excluding carboxylic acids is 1. The first-order valence-electron chi connectivity index (χ1n) is 5.97. The standard InChI is InChI=1S/C12H21NO6/c1-12(2,3)19-11(18)7(9(13)10(16)17)5-4-6-8(14)15/h7,9H,4-6,13H2,1-3H3,(H,14,15)(H,16,17). The second-order valence-electron chi connectivity index (χ2n) is 5.29. The minimum Gasteiger partial charge on any atom is -0.481 e. The van der Waals surface area contributed by atoms with Crippen LogP contribution in [0.15, 0.2) is 0 Å². The lowest BCUT2D eigenvalue weighted by molar-refractivity contribution is -0.164. The van der Waals surface area contributed by atoms with Gasteiger partial charge in [-0.2, -0.15) is 0 Å². The number of carboxylic acid groups (broad SMARTS) is 2. The van der Waals surface area contributed by atoms with E-state index in [1.165, 1.54) is 0 Å². The highest BCUT2D eigenvalue weighted by molar-refractivity contribution is 5.83. The highest BCUT2D eigenvalue weighted by atomic mass is 16.6. The maximum absolute atomic E-state index is 11.9. The first-order valence-corrected chi connectivity index (χ1v) is 5.97. The Morgan fingerprint density at radius 1 is 1.21 bits per heavy atom. The van der Waals surface area contributed by atoms with E-state index in [0.717, 1.165) is 0 Å². The summed E-state index contributed by atoms with van der Waals surface area (Å²) < 4.78 is 5.10. The Morgan fingerprint density at radius 3 is 2.11 bits per heavy atom. The number of hydrogen-bond donors (Lipinski definition) is 3. The number of ether oxygens (including phenoxy) is 1. The normalized spacial score (nSPS) is 14.5. The van der Waals surface area contributed by atoms with E-state index in [4.69, 9.17) is 20.7 Å². The van der Waals surface area contributed by atoms with Crippen molar-refractivity contribution >= 4 is 17.9 Å². The van der Waals surface area contributed by atoms with Gasteiger partial charge in [0.25, 0.3) is 0 Å². The largest absolute Gasteiger partial charge is 0.481 e. The van der Waals surface area contributed by atoms with Gasteiger partial charge in [-0.25, -0.2) is 0 Å². The topological polar surface area (TPSA) is 127 Å². The van der Waals surface area contributed by atoms with E-state index in [-0.39, 0.29) is 19.3 Å². The number of esters is 1. The van der Waals surface area contributed by atoms with Gasteiger partial charge in [-0.15, -0.1) is 0 Å². The number of hydrogen-bond acceptors (Lipinski definition) is 5. The van der Waals surface area contributed by atoms with Crippen LogP contribution >= 0.6 is 0 Å². The van der Waals surface area contributed by atoms with E-state index in [9.17, 15) is 14.4 Å². The molecule has 0 aliphatic carbocycles. The molecule has 110 valence electrons. The van der Waals surface area contributed by atoms with Crippen molar-refractivity contribution in [3.63, 3.8) is 0 Å². The van der Waals surface area contributed by atoms with Gasteiger partial charge in [0.15, 0.2) is 0 Å². The molecule has 0 aliphatic heterocycles. The summed E-state index contributed by atoms with van der Waals surface area (Å²) in [4.78, 5) is 33.1. The summed E-state index contributed by atoms with van der Waals surface area (Å²) in [5.74, 6) is -4.08. The molecule has 0 aliphatic rings. The Labute approximate surface area is 111 Å². The molecule has 2 atom stereocenters. The lowest BCUT2D eigenvalue weighted by Crippen LogP contribution is -2.44. The Hall–Kier alpha value is -1.63. The summed E-state index contributed by atoms with van der Waals surface area (Å²) in [6.45, 7) is 4.97. The maximum atomic E-state index is 11.9. The molecule has 0 aromatic rings. The first kappa shape index (κ1) is 17.4. The molecule has 0 saturated heterocycles. The van der Waals surface area contributed by atoms with Crippen molar-refractivity contribution in [1.29, 1.82) is 0 Å². The molecule has 0 bridgehead atoms. The molecule has 7 heteroatoms. The van der Waals surface area contributed by atoms with Crippen LogP contribution in [0.2, 0.25) is 0 Å². The molecule has 0 radical (unpaired) electrons. The highest BCUT2D eigenvalue weighted by Gasteiger charge is 2.33. The number of rotatable bonds is 7. The quantitative estimate of drug-likeness (QED) is 0.581. The van der Waals surface area contributed by atoms with Gasteiger partial charge in [0.05, 0.1) is 5.92 Å². The van der Waals surface area contributed by atoms with E-state index in [2.05, 4.69) is 0 Å². The van der Waals surface area contributed by atoms with Crippen molar-refractivity contribution in [1.82, 2.24) is 0 Å². The average Bonchev–Trinajstić information content (AvgIpc) is 2.20. The molecule has 7 nitrogen and oxygen atoms in total. The monoisotopic (exact) mass is 275 g/mol. The molecule has 0 spiro atoms. The fourth-order valence-corrected chi connectivity index (χ4v) is 1.47. The number of carboxylic acids is 2. The van der Waals surface area contributed by atoms with Crippen LogP contribution in [0.25, 0.3) is 0 Å². The van der Waals surface area contributed by atoms with E-state index in [1.54, 1.807) is 20.8 Å². The van der Waals surface area contributed by atoms with Crippen molar-refractivity contribution < 1.29 is 29.3 Å². The molecular weight excluding hydrogens is 254 g/mol.